The minimum atomic E-state index is -1.04. The molecule has 2 aliphatic heterocycles. The lowest BCUT2D eigenvalue weighted by molar-refractivity contribution is -0.258. The summed E-state index contributed by atoms with van der Waals surface area (Å²) in [7, 11) is 0. The number of carboxylic acid groups (broad SMARTS) is 1. The number of hydrogen-bond donors (Lipinski definition) is 3. The van der Waals surface area contributed by atoms with Gasteiger partial charge in [0.1, 0.15) is 18.0 Å². The summed E-state index contributed by atoms with van der Waals surface area (Å²) in [6.07, 6.45) is 4.47. The van der Waals surface area contributed by atoms with Gasteiger partial charge in [0.2, 0.25) is 5.79 Å². The molecule has 3 N–H and O–H groups in total. The molecule has 0 aromatic heterocycles. The molecular weight excluding hydrogens is 596 g/mol. The average molecular weight is 641 g/mol. The third-order valence-electron chi connectivity index (χ3n) is 12.7. The zero-order valence-corrected chi connectivity index (χ0v) is 26.4. The van der Waals surface area contributed by atoms with Crippen LogP contribution in [0.5, 0.6) is 5.75 Å². The highest BCUT2D eigenvalue weighted by Gasteiger charge is 2.77. The molecule has 2 saturated heterocycles. The quantitative estimate of drug-likeness (QED) is 0.369. The lowest BCUT2D eigenvalue weighted by atomic mass is 9.43. The summed E-state index contributed by atoms with van der Waals surface area (Å²) in [4.78, 5) is 37.7. The van der Waals surface area contributed by atoms with Crippen LogP contribution in [0.3, 0.4) is 0 Å². The highest BCUT2D eigenvalue weighted by molar-refractivity contribution is 5.91. The van der Waals surface area contributed by atoms with Crippen LogP contribution in [0.25, 0.3) is 0 Å². The molecule has 5 fully saturated rings. The van der Waals surface area contributed by atoms with Gasteiger partial charge in [-0.15, -0.1) is 0 Å². The lowest BCUT2D eigenvalue weighted by Gasteiger charge is -2.62. The Morgan fingerprint density at radius 1 is 1.07 bits per heavy atom. The number of rotatable bonds is 7. The van der Waals surface area contributed by atoms with Crippen molar-refractivity contribution in [2.75, 3.05) is 26.8 Å². The van der Waals surface area contributed by atoms with Crippen LogP contribution in [0.4, 0.5) is 0 Å². The molecule has 250 valence electrons. The van der Waals surface area contributed by atoms with Crippen LogP contribution in [0, 0.1) is 34.5 Å². The van der Waals surface area contributed by atoms with Crippen LogP contribution in [-0.4, -0.2) is 77.3 Å². The van der Waals surface area contributed by atoms with Gasteiger partial charge in [0.05, 0.1) is 25.6 Å². The molecule has 46 heavy (non-hydrogen) atoms. The molecule has 0 radical (unpaired) electrons. The third-order valence-corrected chi connectivity index (χ3v) is 12.7. The van der Waals surface area contributed by atoms with E-state index >= 15 is 0 Å². The molecule has 0 amide bonds. The first-order valence-corrected chi connectivity index (χ1v) is 16.5. The van der Waals surface area contributed by atoms with E-state index in [2.05, 4.69) is 13.8 Å². The number of carbonyl (C=O) groups is 3. The van der Waals surface area contributed by atoms with Crippen LogP contribution >= 0.6 is 0 Å². The van der Waals surface area contributed by atoms with E-state index in [-0.39, 0.29) is 74.8 Å². The maximum atomic E-state index is 13.3. The van der Waals surface area contributed by atoms with E-state index in [1.807, 2.05) is 0 Å². The summed E-state index contributed by atoms with van der Waals surface area (Å²) >= 11 is 0. The zero-order chi connectivity index (χ0) is 32.5. The summed E-state index contributed by atoms with van der Waals surface area (Å²) in [5.41, 5.74) is -0.0979. The van der Waals surface area contributed by atoms with Gasteiger partial charge >= 0.3 is 11.9 Å². The molecule has 11 nitrogen and oxygen atoms in total. The molecule has 10 atom stereocenters. The number of aliphatic hydroxyl groups excluding tert-OH is 1. The first kappa shape index (κ1) is 31.8. The minimum absolute atomic E-state index is 0.0443. The number of aromatic hydroxyl groups is 1. The van der Waals surface area contributed by atoms with Crippen molar-refractivity contribution in [3.8, 4) is 5.75 Å². The second kappa shape index (κ2) is 11.4. The van der Waals surface area contributed by atoms with Gasteiger partial charge in [-0.25, -0.2) is 0 Å². The van der Waals surface area contributed by atoms with Crippen LogP contribution in [-0.2, 0) is 38.1 Å². The number of benzene rings is 1. The van der Waals surface area contributed by atoms with Crippen molar-refractivity contribution in [2.24, 2.45) is 34.5 Å². The van der Waals surface area contributed by atoms with Crippen LogP contribution in [0.2, 0.25) is 0 Å². The summed E-state index contributed by atoms with van der Waals surface area (Å²) in [5, 5.41) is 31.2. The van der Waals surface area contributed by atoms with Gasteiger partial charge in [-0.05, 0) is 79.0 Å². The Morgan fingerprint density at radius 2 is 1.83 bits per heavy atom. The lowest BCUT2D eigenvalue weighted by Crippen LogP contribution is -2.66. The van der Waals surface area contributed by atoms with Crippen molar-refractivity contribution in [2.45, 2.75) is 88.6 Å². The largest absolute Gasteiger partial charge is 0.508 e. The molecule has 2 spiro atoms. The Labute approximate surface area is 268 Å². The number of aliphatic carboxylic acids is 1. The smallest absolute Gasteiger partial charge is 0.306 e. The highest BCUT2D eigenvalue weighted by Crippen LogP contribution is 2.72. The second-order valence-corrected chi connectivity index (χ2v) is 14.8. The van der Waals surface area contributed by atoms with Crippen molar-refractivity contribution >= 4 is 17.7 Å². The Balaban J connectivity index is 1.15. The van der Waals surface area contributed by atoms with Crippen LogP contribution in [0.15, 0.2) is 35.9 Å². The van der Waals surface area contributed by atoms with Crippen molar-refractivity contribution in [1.29, 1.82) is 0 Å². The van der Waals surface area contributed by atoms with E-state index in [0.717, 1.165) is 12.0 Å². The van der Waals surface area contributed by atoms with E-state index in [1.165, 1.54) is 12.1 Å². The summed E-state index contributed by atoms with van der Waals surface area (Å²) in [6.45, 7) is 4.94. The first-order chi connectivity index (χ1) is 21.9. The summed E-state index contributed by atoms with van der Waals surface area (Å²) in [5.74, 6) is -3.13. The fourth-order valence-corrected chi connectivity index (χ4v) is 10.8. The molecular formula is C35H44O11. The first-order valence-electron chi connectivity index (χ1n) is 16.5. The number of ether oxygens (including phenoxy) is 5. The number of aliphatic hydroxyl groups is 1. The van der Waals surface area contributed by atoms with Crippen molar-refractivity contribution < 1.29 is 53.4 Å². The number of ketones is 1. The average Bonchev–Trinajstić information content (AvgIpc) is 3.71. The molecule has 7 rings (SSSR count). The molecule has 1 aromatic rings. The van der Waals surface area contributed by atoms with Gasteiger partial charge in [-0.3, -0.25) is 14.4 Å². The molecule has 3 saturated carbocycles. The molecule has 2 unspecified atom stereocenters. The number of carbonyl (C=O) groups excluding carboxylic acids is 2. The molecule has 6 aliphatic rings. The van der Waals surface area contributed by atoms with Crippen molar-refractivity contribution in [3.05, 3.63) is 41.5 Å². The number of phenols is 1. The topological polar surface area (TPSA) is 158 Å². The van der Waals surface area contributed by atoms with Crippen molar-refractivity contribution in [1.82, 2.24) is 0 Å². The predicted molar refractivity (Wildman–Crippen MR) is 160 cm³/mol. The Morgan fingerprint density at radius 3 is 2.54 bits per heavy atom. The number of phenolic OH excluding ortho intramolecular Hbond substituents is 1. The van der Waals surface area contributed by atoms with Gasteiger partial charge in [-0.1, -0.05) is 31.6 Å². The van der Waals surface area contributed by atoms with Gasteiger partial charge in [0, 0.05) is 23.7 Å². The van der Waals surface area contributed by atoms with Crippen LogP contribution in [0.1, 0.15) is 76.7 Å². The number of carboxylic acids is 1. The van der Waals surface area contributed by atoms with Crippen molar-refractivity contribution in [3.63, 3.8) is 0 Å². The van der Waals surface area contributed by atoms with E-state index < -0.39 is 46.2 Å². The highest BCUT2D eigenvalue weighted by atomic mass is 16.9. The monoisotopic (exact) mass is 640 g/mol. The SMILES string of the molecule is C[C@]12CCC(=O)C=C1[C@@H](COC(=O)CC(CC(=O)O)c1ccc(O)cc1)C[C@@H]1[C@@H]2[C@@H](O)C[C@@]2(C)[C@H]1CC[C@@]21OCOC12COCO2. The van der Waals surface area contributed by atoms with Gasteiger partial charge in [0.15, 0.2) is 19.4 Å². The fraction of sp³-hybridized carbons (Fsp3) is 0.686. The summed E-state index contributed by atoms with van der Waals surface area (Å²) < 4.78 is 30.3. The minimum Gasteiger partial charge on any atom is -0.508 e. The third kappa shape index (κ3) is 4.76. The Bertz CT molecular complexity index is 1410. The van der Waals surface area contributed by atoms with Gasteiger partial charge < -0.3 is 39.0 Å². The maximum Gasteiger partial charge on any atom is 0.306 e. The summed E-state index contributed by atoms with van der Waals surface area (Å²) in [6, 6.07) is 6.18. The van der Waals surface area contributed by atoms with E-state index in [9.17, 15) is 29.7 Å². The maximum absolute atomic E-state index is 13.3. The molecule has 1 aromatic carbocycles. The van der Waals surface area contributed by atoms with Crippen LogP contribution < -0.4 is 0 Å². The molecule has 11 heteroatoms. The number of esters is 1. The molecule has 2 heterocycles. The molecule has 4 aliphatic carbocycles. The van der Waals surface area contributed by atoms with E-state index in [4.69, 9.17) is 23.7 Å². The van der Waals surface area contributed by atoms with E-state index in [1.54, 1.807) is 18.2 Å². The zero-order valence-electron chi connectivity index (χ0n) is 26.4. The number of hydrogen-bond acceptors (Lipinski definition) is 10. The fourth-order valence-electron chi connectivity index (χ4n) is 10.8. The standard InChI is InChI=1S/C35H44O11/c1-32-9-7-24(37)14-27(32)22(16-43-30(41)13-21(12-29(39)40)20-3-5-23(36)6-4-20)11-25-26-8-10-34(33(26,2)15-28(38)31(25)32)35(46-19-44-34)17-42-18-45-35/h3-6,14,21-22,25-26,28,31,36,38H,7-13,15-19H2,1-2H3,(H,39,40)/t21?,22-,25+,26+,28+,31-,32+,33+,34-,35?/m1/s1. The predicted octanol–water partition coefficient (Wildman–Crippen LogP) is 4.06. The molecule has 0 bridgehead atoms. The normalized spacial score (nSPS) is 41.9. The van der Waals surface area contributed by atoms with E-state index in [0.29, 0.717) is 37.7 Å². The Kier molecular flexibility index (Phi) is 7.87. The van der Waals surface area contributed by atoms with Gasteiger partial charge in [0.25, 0.3) is 0 Å². The Hall–Kier alpha value is -2.83. The number of fused-ring (bicyclic) bond motifs is 7. The van der Waals surface area contributed by atoms with Gasteiger partial charge in [-0.2, -0.15) is 0 Å². The second-order valence-electron chi connectivity index (χ2n) is 14.8.